The molecule has 8 aromatic carbocycles. The molecule has 0 saturated carbocycles. The highest BCUT2D eigenvalue weighted by Crippen LogP contribution is 2.72. The monoisotopic (exact) mass is 808 g/mol. The Balaban J connectivity index is 1.24. The summed E-state index contributed by atoms with van der Waals surface area (Å²) in [6.45, 7) is 19.3. The van der Waals surface area contributed by atoms with E-state index in [1.807, 2.05) is 0 Å². The van der Waals surface area contributed by atoms with Gasteiger partial charge in [-0.1, -0.05) is 201 Å². The highest BCUT2D eigenvalue weighted by Gasteiger charge is 2.62. The van der Waals surface area contributed by atoms with E-state index in [9.17, 15) is 0 Å². The van der Waals surface area contributed by atoms with Crippen LogP contribution in [-0.4, -0.2) is 5.78 Å². The van der Waals surface area contributed by atoms with Crippen molar-refractivity contribution in [2.75, 3.05) is 0 Å². The van der Waals surface area contributed by atoms with Crippen LogP contribution in [-0.2, 0) is 27.1 Å². The summed E-state index contributed by atoms with van der Waals surface area (Å²) >= 11 is 0. The van der Waals surface area contributed by atoms with Gasteiger partial charge in [0.25, 0.3) is 0 Å². The molecule has 0 heterocycles. The molecule has 6 aliphatic carbocycles. The Hall–Kier alpha value is -6.57. The van der Waals surface area contributed by atoms with E-state index in [1.165, 1.54) is 106 Å². The van der Waals surface area contributed by atoms with Gasteiger partial charge in [0.2, 0.25) is 0 Å². The van der Waals surface area contributed by atoms with E-state index in [2.05, 4.69) is 201 Å². The Bertz CT molecular complexity index is 3500. The van der Waals surface area contributed by atoms with Crippen molar-refractivity contribution in [2.45, 2.75) is 82.5 Å². The van der Waals surface area contributed by atoms with Gasteiger partial charge in [0.15, 0.2) is 5.78 Å². The zero-order valence-corrected chi connectivity index (χ0v) is 37.3. The number of benzene rings is 8. The first-order valence-corrected chi connectivity index (χ1v) is 22.9. The molecule has 0 N–H and O–H groups in total. The molecule has 1 atom stereocenters. The molecule has 8 aromatic rings. The minimum absolute atomic E-state index is 0.207. The minimum Gasteiger partial charge on any atom is -0.292 e. The molecule has 0 saturated heterocycles. The SMILES string of the molecule is CC1(C)c2ccccc2-c2c3c(c4c(c21)-c1ccccc1C4(C)C)-c1ccccc1C1(C3=O)c2ccccc2-c2c3c(c4c(c21)-c1ccccc1C4(C)C)-c1ccccc1C3(C)C. The first-order chi connectivity index (χ1) is 30.3. The van der Waals surface area contributed by atoms with Crippen molar-refractivity contribution < 1.29 is 4.79 Å². The van der Waals surface area contributed by atoms with Crippen LogP contribution in [0.5, 0.6) is 0 Å². The number of hydrogen-bond acceptors (Lipinski definition) is 1. The topological polar surface area (TPSA) is 17.1 Å². The summed E-state index contributed by atoms with van der Waals surface area (Å²) < 4.78 is 0. The van der Waals surface area contributed by atoms with Crippen molar-refractivity contribution in [1.29, 1.82) is 0 Å². The van der Waals surface area contributed by atoms with Crippen molar-refractivity contribution in [2.24, 2.45) is 0 Å². The lowest BCUT2D eigenvalue weighted by Gasteiger charge is -2.42. The standard InChI is InChI=1S/C62H48O/c1-58(2)39-27-15-9-21-33(39)45-51-46(53-47(52(45)58)34-22-10-16-28-40(34)59(53,3)4)37-25-13-19-31-43(37)62(57(51)63)44-32-20-14-26-38(44)50-55-48(35-23-11-17-29-41(35)60(55,5)6)54-49(56(50)62)36-24-12-18-30-42(36)61(54,7)8/h9-32H,1-8H3. The van der Waals surface area contributed by atoms with E-state index < -0.39 is 5.41 Å². The van der Waals surface area contributed by atoms with E-state index in [0.717, 1.165) is 27.8 Å². The number of carbonyl (C=O) groups is 1. The third-order valence-electron chi connectivity index (χ3n) is 17.1. The second kappa shape index (κ2) is 11.0. The molecule has 0 aromatic heterocycles. The summed E-state index contributed by atoms with van der Waals surface area (Å²) in [5, 5.41) is 0. The third kappa shape index (κ3) is 3.68. The average Bonchev–Trinajstić information content (AvgIpc) is 3.96. The summed E-state index contributed by atoms with van der Waals surface area (Å²) in [4.78, 5) is 17.7. The summed E-state index contributed by atoms with van der Waals surface area (Å²) in [7, 11) is 0. The number of rotatable bonds is 0. The van der Waals surface area contributed by atoms with Gasteiger partial charge in [0.05, 0.1) is 0 Å². The fourth-order valence-electron chi connectivity index (χ4n) is 14.8. The fraction of sp³-hybridized carbons (Fsp3) is 0.210. The van der Waals surface area contributed by atoms with Gasteiger partial charge in [-0.05, 0) is 128 Å². The fourth-order valence-corrected chi connectivity index (χ4v) is 14.8. The normalized spacial score (nSPS) is 20.0. The van der Waals surface area contributed by atoms with Crippen molar-refractivity contribution >= 4 is 5.78 Å². The maximum absolute atomic E-state index is 17.7. The number of hydrogen-bond donors (Lipinski definition) is 0. The van der Waals surface area contributed by atoms with Gasteiger partial charge in [0.1, 0.15) is 5.41 Å². The molecule has 0 aliphatic heterocycles. The van der Waals surface area contributed by atoms with Crippen LogP contribution in [0.25, 0.3) is 66.8 Å². The number of Topliss-reactive ketones (excluding diaryl/α,β-unsaturated/α-hetero) is 1. The van der Waals surface area contributed by atoms with Gasteiger partial charge in [-0.15, -0.1) is 0 Å². The zero-order valence-electron chi connectivity index (χ0n) is 37.3. The Labute approximate surface area is 370 Å². The lowest BCUT2D eigenvalue weighted by atomic mass is 9.57. The van der Waals surface area contributed by atoms with E-state index in [-0.39, 0.29) is 27.4 Å². The van der Waals surface area contributed by atoms with E-state index in [1.54, 1.807) is 0 Å². The Kier molecular flexibility index (Phi) is 6.25. The van der Waals surface area contributed by atoms with Gasteiger partial charge in [0, 0.05) is 27.2 Å². The van der Waals surface area contributed by atoms with Crippen LogP contribution >= 0.6 is 0 Å². The second-order valence-corrected chi connectivity index (χ2v) is 21.4. The molecular formula is C62H48O. The Morgan fingerprint density at radius 3 is 0.810 bits per heavy atom. The van der Waals surface area contributed by atoms with Gasteiger partial charge in [-0.2, -0.15) is 0 Å². The maximum Gasteiger partial charge on any atom is 0.183 e. The van der Waals surface area contributed by atoms with Crippen LogP contribution in [0.2, 0.25) is 0 Å². The molecule has 0 fully saturated rings. The molecule has 1 heteroatoms. The molecule has 63 heavy (non-hydrogen) atoms. The molecule has 14 rings (SSSR count). The number of fused-ring (bicyclic) bond motifs is 27. The molecule has 1 unspecified atom stereocenters. The van der Waals surface area contributed by atoms with Crippen LogP contribution in [0.1, 0.15) is 127 Å². The van der Waals surface area contributed by atoms with Crippen LogP contribution in [0, 0.1) is 0 Å². The third-order valence-corrected chi connectivity index (χ3v) is 17.1. The van der Waals surface area contributed by atoms with Gasteiger partial charge in [-0.25, -0.2) is 0 Å². The van der Waals surface area contributed by atoms with Crippen molar-refractivity contribution in [3.63, 3.8) is 0 Å². The Morgan fingerprint density at radius 1 is 0.254 bits per heavy atom. The van der Waals surface area contributed by atoms with Crippen LogP contribution in [0.3, 0.4) is 0 Å². The predicted octanol–water partition coefficient (Wildman–Crippen LogP) is 15.1. The summed E-state index contributed by atoms with van der Waals surface area (Å²) in [5.41, 5.74) is 27.4. The Morgan fingerprint density at radius 2 is 0.476 bits per heavy atom. The molecular weight excluding hydrogens is 761 g/mol. The molecule has 1 nitrogen and oxygen atoms in total. The molecule has 0 amide bonds. The quantitative estimate of drug-likeness (QED) is 0.149. The lowest BCUT2D eigenvalue weighted by Crippen LogP contribution is -2.42. The maximum atomic E-state index is 17.7. The molecule has 1 spiro atoms. The molecule has 0 radical (unpaired) electrons. The minimum atomic E-state index is -1.12. The van der Waals surface area contributed by atoms with E-state index in [0.29, 0.717) is 0 Å². The molecule has 6 aliphatic rings. The van der Waals surface area contributed by atoms with Gasteiger partial charge < -0.3 is 0 Å². The summed E-state index contributed by atoms with van der Waals surface area (Å²) in [6.07, 6.45) is 0. The largest absolute Gasteiger partial charge is 0.292 e. The second-order valence-electron chi connectivity index (χ2n) is 21.4. The molecule has 0 bridgehead atoms. The van der Waals surface area contributed by atoms with E-state index >= 15 is 4.79 Å². The first kappa shape index (κ1) is 36.0. The van der Waals surface area contributed by atoms with Crippen molar-refractivity contribution in [1.82, 2.24) is 0 Å². The van der Waals surface area contributed by atoms with Gasteiger partial charge in [-0.3, -0.25) is 4.79 Å². The predicted molar refractivity (Wildman–Crippen MR) is 258 cm³/mol. The van der Waals surface area contributed by atoms with Crippen LogP contribution < -0.4 is 0 Å². The van der Waals surface area contributed by atoms with Crippen molar-refractivity contribution in [3.8, 4) is 66.8 Å². The summed E-state index contributed by atoms with van der Waals surface area (Å²) in [6, 6.07) is 54.3. The average molecular weight is 809 g/mol. The van der Waals surface area contributed by atoms with Crippen LogP contribution in [0.4, 0.5) is 0 Å². The van der Waals surface area contributed by atoms with Crippen molar-refractivity contribution in [3.05, 3.63) is 212 Å². The first-order valence-electron chi connectivity index (χ1n) is 22.9. The van der Waals surface area contributed by atoms with Gasteiger partial charge >= 0.3 is 0 Å². The highest BCUT2D eigenvalue weighted by atomic mass is 16.1. The lowest BCUT2D eigenvalue weighted by molar-refractivity contribution is 0.0936. The molecule has 302 valence electrons. The number of carbonyl (C=O) groups excluding carboxylic acids is 1. The summed E-state index contributed by atoms with van der Waals surface area (Å²) in [5.74, 6) is 0.207. The zero-order chi connectivity index (χ0) is 42.9. The smallest absolute Gasteiger partial charge is 0.183 e. The number of ketones is 1. The highest BCUT2D eigenvalue weighted by molar-refractivity contribution is 6.27. The van der Waals surface area contributed by atoms with E-state index in [4.69, 9.17) is 0 Å². The van der Waals surface area contributed by atoms with Crippen LogP contribution in [0.15, 0.2) is 146 Å².